The van der Waals surface area contributed by atoms with Crippen molar-refractivity contribution in [2.75, 3.05) is 6.61 Å². The number of esters is 2. The second-order valence-electron chi connectivity index (χ2n) is 15.5. The molecule has 0 spiro atoms. The summed E-state index contributed by atoms with van der Waals surface area (Å²) >= 11 is 13.1. The van der Waals surface area contributed by atoms with Crippen LogP contribution in [0.1, 0.15) is 67.1 Å². The lowest BCUT2D eigenvalue weighted by Crippen LogP contribution is -2.61. The molecule has 2 saturated heterocycles. The van der Waals surface area contributed by atoms with Gasteiger partial charge in [0.05, 0.1) is 16.7 Å². The Kier molecular flexibility index (Phi) is 14.2. The van der Waals surface area contributed by atoms with E-state index < -0.39 is 71.8 Å². The number of nitrogens with zero attached hydrogens (tertiary/aromatic N) is 1. The van der Waals surface area contributed by atoms with Gasteiger partial charge in [0.1, 0.15) is 43.7 Å². The Bertz CT molecular complexity index is 2150. The Morgan fingerprint density at radius 3 is 1.88 bits per heavy atom. The molecule has 13 nitrogen and oxygen atoms in total. The summed E-state index contributed by atoms with van der Waals surface area (Å²) in [4.78, 5) is 71.3. The Balaban J connectivity index is 1.31. The maximum absolute atomic E-state index is 14.4. The number of carbonyl (C=O) groups is 5. The third-order valence-electron chi connectivity index (χ3n) is 10.1. The lowest BCUT2D eigenvalue weighted by molar-refractivity contribution is -0.163. The van der Waals surface area contributed by atoms with E-state index in [1.165, 1.54) is 17.0 Å². The number of ketones is 1. The van der Waals surface area contributed by atoms with E-state index in [0.29, 0.717) is 11.1 Å². The minimum absolute atomic E-state index is 0.0170. The second kappa shape index (κ2) is 19.3. The molecular formula is C45H46Cl2N2O11. The molecule has 0 aromatic heterocycles. The maximum Gasteiger partial charge on any atom is 0.411 e. The molecule has 0 radical (unpaired) electrons. The van der Waals surface area contributed by atoms with Crippen LogP contribution in [0, 0.1) is 0 Å². The number of benzene rings is 4. The van der Waals surface area contributed by atoms with Gasteiger partial charge in [0.2, 0.25) is 0 Å². The van der Waals surface area contributed by atoms with E-state index in [-0.39, 0.29) is 60.4 Å². The van der Waals surface area contributed by atoms with Gasteiger partial charge in [-0.1, -0.05) is 114 Å². The van der Waals surface area contributed by atoms with E-state index >= 15 is 0 Å². The molecule has 2 N–H and O–H groups in total. The summed E-state index contributed by atoms with van der Waals surface area (Å²) in [5, 5.41) is 12.8. The van der Waals surface area contributed by atoms with Gasteiger partial charge in [0.15, 0.2) is 11.3 Å². The van der Waals surface area contributed by atoms with Gasteiger partial charge in [0, 0.05) is 11.6 Å². The molecule has 2 aliphatic rings. The highest BCUT2D eigenvalue weighted by atomic mass is 35.5. The summed E-state index contributed by atoms with van der Waals surface area (Å²) in [6.45, 7) is 4.15. The van der Waals surface area contributed by atoms with E-state index in [9.17, 15) is 29.1 Å². The van der Waals surface area contributed by atoms with Crippen molar-refractivity contribution in [3.8, 4) is 5.75 Å². The van der Waals surface area contributed by atoms with Crippen LogP contribution in [0.25, 0.3) is 0 Å². The predicted molar refractivity (Wildman–Crippen MR) is 220 cm³/mol. The van der Waals surface area contributed by atoms with E-state index in [1.54, 1.807) is 75.4 Å². The van der Waals surface area contributed by atoms with E-state index in [2.05, 4.69) is 5.32 Å². The molecule has 6 rings (SSSR count). The van der Waals surface area contributed by atoms with Crippen molar-refractivity contribution in [3.63, 3.8) is 0 Å². The minimum Gasteiger partial charge on any atom is -0.486 e. The summed E-state index contributed by atoms with van der Waals surface area (Å²) in [7, 11) is 0. The number of epoxide rings is 1. The van der Waals surface area contributed by atoms with Crippen LogP contribution in [0.2, 0.25) is 10.0 Å². The first-order chi connectivity index (χ1) is 28.7. The first kappa shape index (κ1) is 44.1. The fourth-order valence-electron chi connectivity index (χ4n) is 7.21. The van der Waals surface area contributed by atoms with Gasteiger partial charge in [0.25, 0.3) is 11.7 Å². The Labute approximate surface area is 357 Å². The highest BCUT2D eigenvalue weighted by Gasteiger charge is 2.68. The first-order valence-corrected chi connectivity index (χ1v) is 20.2. The topological polar surface area (TPSA) is 170 Å². The molecule has 15 heteroatoms. The average Bonchev–Trinajstić information content (AvgIpc) is 3.94. The van der Waals surface area contributed by atoms with Crippen molar-refractivity contribution >= 4 is 52.9 Å². The van der Waals surface area contributed by atoms with Gasteiger partial charge in [-0.2, -0.15) is 0 Å². The third-order valence-corrected chi connectivity index (χ3v) is 10.6. The lowest BCUT2D eigenvalue weighted by atomic mass is 9.90. The summed E-state index contributed by atoms with van der Waals surface area (Å²) in [5.41, 5.74) is -0.742. The maximum atomic E-state index is 14.4. The Hall–Kier alpha value is -5.47. The SMILES string of the molecule is CC(C)(C)OC(=O)C(=O)[C@H](C[C@H]1CC[C@](C(=O)OCc2ccccc2)([C@H]2O[C@@H]2CO)N1C(=O)OCc1ccccc1)NC(=O)c1cc(Cl)c(OCc2ccccc2)c(Cl)c1. The van der Waals surface area contributed by atoms with Gasteiger partial charge >= 0.3 is 18.0 Å². The van der Waals surface area contributed by atoms with Gasteiger partial charge < -0.3 is 34.1 Å². The highest BCUT2D eigenvalue weighted by Crippen LogP contribution is 2.48. The van der Waals surface area contributed by atoms with Crippen LogP contribution >= 0.6 is 23.2 Å². The summed E-state index contributed by atoms with van der Waals surface area (Å²) in [6, 6.07) is 27.1. The van der Waals surface area contributed by atoms with Crippen molar-refractivity contribution in [3.05, 3.63) is 135 Å². The highest BCUT2D eigenvalue weighted by molar-refractivity contribution is 6.38. The number of hydrogen-bond acceptors (Lipinski definition) is 11. The number of likely N-dealkylation sites (tertiary alicyclic amines) is 1. The van der Waals surface area contributed by atoms with Crippen molar-refractivity contribution in [1.82, 2.24) is 10.2 Å². The van der Waals surface area contributed by atoms with Crippen LogP contribution in [0.15, 0.2) is 103 Å². The molecule has 0 saturated carbocycles. The molecule has 2 fully saturated rings. The number of carbonyl (C=O) groups excluding carboxylic acids is 5. The standard InChI is InChI=1S/C45H46Cl2N2O11/c1-44(2,3)60-41(53)37(51)35(48-40(52)31-21-33(46)38(34(47)22-31)56-25-28-13-7-4-8-14-28)23-32-19-20-45(39-36(24-50)59-39,42(54)57-26-29-15-9-5-10-16-29)49(32)43(55)58-27-30-17-11-6-12-18-30/h4-18,21-22,32,35-36,39,50H,19-20,23-27H2,1-3H3,(H,48,52)/t32-,35+,36-,39+,45-/m1/s1. The fourth-order valence-corrected chi connectivity index (χ4v) is 7.80. The quantitative estimate of drug-likeness (QED) is 0.0514. The van der Waals surface area contributed by atoms with Gasteiger partial charge in [-0.15, -0.1) is 0 Å². The number of aliphatic hydroxyl groups is 1. The largest absolute Gasteiger partial charge is 0.486 e. The van der Waals surface area contributed by atoms with Crippen LogP contribution in [0.3, 0.4) is 0 Å². The van der Waals surface area contributed by atoms with E-state index in [4.69, 9.17) is 46.9 Å². The zero-order valence-electron chi connectivity index (χ0n) is 33.3. The molecule has 2 amide bonds. The zero-order chi connectivity index (χ0) is 43.0. The van der Waals surface area contributed by atoms with E-state index in [0.717, 1.165) is 5.56 Å². The molecule has 5 atom stereocenters. The van der Waals surface area contributed by atoms with Gasteiger partial charge in [-0.25, -0.2) is 14.4 Å². The summed E-state index contributed by atoms with van der Waals surface area (Å²) < 4.78 is 28.7. The Morgan fingerprint density at radius 2 is 1.37 bits per heavy atom. The molecule has 0 unspecified atom stereocenters. The number of rotatable bonds is 16. The van der Waals surface area contributed by atoms with Crippen LogP contribution in [0.5, 0.6) is 5.75 Å². The summed E-state index contributed by atoms with van der Waals surface area (Å²) in [5.74, 6) is -3.86. The summed E-state index contributed by atoms with van der Waals surface area (Å²) in [6.07, 6.45) is -3.06. The number of hydrogen-bond donors (Lipinski definition) is 2. The lowest BCUT2D eigenvalue weighted by Gasteiger charge is -2.38. The van der Waals surface area contributed by atoms with Crippen LogP contribution in [-0.2, 0) is 53.2 Å². The molecule has 4 aromatic carbocycles. The van der Waals surface area contributed by atoms with Crippen molar-refractivity contribution < 1.29 is 52.8 Å². The number of Topliss-reactive ketones (excluding diaryl/α,β-unsaturated/α-hetero) is 1. The van der Waals surface area contributed by atoms with Crippen LogP contribution < -0.4 is 10.1 Å². The molecule has 0 aliphatic carbocycles. The fraction of sp³-hybridized carbons (Fsp3) is 0.356. The normalized spacial score (nSPS) is 20.1. The van der Waals surface area contributed by atoms with Crippen LogP contribution in [0.4, 0.5) is 4.79 Å². The molecule has 0 bridgehead atoms. The molecule has 4 aromatic rings. The monoisotopic (exact) mass is 860 g/mol. The average molecular weight is 862 g/mol. The number of amides is 2. The van der Waals surface area contributed by atoms with E-state index in [1.807, 2.05) is 36.4 Å². The third kappa shape index (κ3) is 10.6. The number of aliphatic hydroxyl groups excluding tert-OH is 1. The molecule has 2 heterocycles. The molecule has 2 aliphatic heterocycles. The van der Waals surface area contributed by atoms with Gasteiger partial charge in [-0.3, -0.25) is 14.5 Å². The van der Waals surface area contributed by atoms with Crippen molar-refractivity contribution in [2.45, 2.75) is 95.3 Å². The number of ether oxygens (including phenoxy) is 5. The predicted octanol–water partition coefficient (Wildman–Crippen LogP) is 7.01. The van der Waals surface area contributed by atoms with Crippen LogP contribution in [-0.4, -0.2) is 81.8 Å². The van der Waals surface area contributed by atoms with Crippen molar-refractivity contribution in [1.29, 1.82) is 0 Å². The Morgan fingerprint density at radius 1 is 0.833 bits per heavy atom. The van der Waals surface area contributed by atoms with Crippen molar-refractivity contribution in [2.24, 2.45) is 0 Å². The zero-order valence-corrected chi connectivity index (χ0v) is 34.8. The molecule has 316 valence electrons. The second-order valence-corrected chi connectivity index (χ2v) is 16.4. The minimum atomic E-state index is -1.82. The number of halogens is 2. The molecule has 60 heavy (non-hydrogen) atoms. The smallest absolute Gasteiger partial charge is 0.411 e. The molecular weight excluding hydrogens is 815 g/mol. The first-order valence-electron chi connectivity index (χ1n) is 19.4. The van der Waals surface area contributed by atoms with Gasteiger partial charge in [-0.05, 0) is 68.9 Å². The number of nitrogens with one attached hydrogen (secondary N) is 1.